The molecule has 2 aliphatic rings. The van der Waals surface area contributed by atoms with Gasteiger partial charge in [-0.15, -0.1) is 24.3 Å². The van der Waals surface area contributed by atoms with Crippen molar-refractivity contribution < 1.29 is 0 Å². The third-order valence-electron chi connectivity index (χ3n) is 2.57. The molecule has 2 rings (SSSR count). The standard InChI is InChI=1S/C6H7.C5H5.Mg/c1-6-4-2-3-5-6;1-2-4-5-3-1;/h2-5H,1H3;1-5H;. The van der Waals surface area contributed by atoms with Crippen LogP contribution in [0.25, 0.3) is 0 Å². The highest BCUT2D eigenvalue weighted by molar-refractivity contribution is 6.45. The molecule has 0 fully saturated rings. The number of allylic oxidation sites excluding steroid dienone is 8. The van der Waals surface area contributed by atoms with E-state index in [4.69, 9.17) is 0 Å². The van der Waals surface area contributed by atoms with Crippen molar-refractivity contribution in [3.63, 3.8) is 0 Å². The van der Waals surface area contributed by atoms with E-state index in [1.54, 1.807) is 0 Å². The molecule has 0 heterocycles. The average Bonchev–Trinajstić information content (AvgIpc) is 2.62. The Hall–Kier alpha value is -0.274. The van der Waals surface area contributed by atoms with Crippen molar-refractivity contribution >= 4 is 20.4 Å². The van der Waals surface area contributed by atoms with Crippen LogP contribution < -0.4 is 0 Å². The monoisotopic (exact) mass is 168 g/mol. The van der Waals surface area contributed by atoms with E-state index in [9.17, 15) is 0 Å². The van der Waals surface area contributed by atoms with Gasteiger partial charge in [0.2, 0.25) is 0 Å². The summed E-state index contributed by atoms with van der Waals surface area (Å²) in [6.07, 6.45) is 18.0. The second-order valence-electron chi connectivity index (χ2n) is 3.86. The third kappa shape index (κ3) is 1.72. The Morgan fingerprint density at radius 1 is 1.00 bits per heavy atom. The van der Waals surface area contributed by atoms with Crippen LogP contribution in [-0.4, -0.2) is 20.4 Å². The van der Waals surface area contributed by atoms with E-state index < -0.39 is 0 Å². The molecule has 12 heavy (non-hydrogen) atoms. The van der Waals surface area contributed by atoms with Gasteiger partial charge in [0.25, 0.3) is 0 Å². The SMILES string of the molecule is C[C]1([Mg][CH]2C=CC=C2)C=CC=C1. The van der Waals surface area contributed by atoms with Gasteiger partial charge in [-0.05, 0) is 0 Å². The molecule has 0 aromatic carbocycles. The highest BCUT2D eigenvalue weighted by Gasteiger charge is 2.26. The molecule has 0 aromatic rings. The maximum atomic E-state index is 2.35. The van der Waals surface area contributed by atoms with Crippen LogP contribution in [0.4, 0.5) is 0 Å². The summed E-state index contributed by atoms with van der Waals surface area (Å²) in [7, 11) is 0. The molecule has 58 valence electrons. The lowest BCUT2D eigenvalue weighted by Crippen LogP contribution is -2.13. The van der Waals surface area contributed by atoms with Crippen LogP contribution in [0.5, 0.6) is 0 Å². The lowest BCUT2D eigenvalue weighted by molar-refractivity contribution is 0.953. The molecule has 0 bridgehead atoms. The summed E-state index contributed by atoms with van der Waals surface area (Å²) in [4.78, 5) is 0. The second kappa shape index (κ2) is 3.23. The summed E-state index contributed by atoms with van der Waals surface area (Å²) >= 11 is -0.0795. The van der Waals surface area contributed by atoms with E-state index in [1.807, 2.05) is 0 Å². The van der Waals surface area contributed by atoms with E-state index >= 15 is 0 Å². The molecule has 2 aliphatic carbocycles. The molecule has 0 spiro atoms. The topological polar surface area (TPSA) is 0 Å². The zero-order valence-electron chi connectivity index (χ0n) is 7.40. The van der Waals surface area contributed by atoms with Gasteiger partial charge in [-0.1, -0.05) is 38.8 Å². The highest BCUT2D eigenvalue weighted by atomic mass is 24.5. The molecule has 0 atom stereocenters. The molecular formula is C11H12Mg. The second-order valence-corrected chi connectivity index (χ2v) is 6.74. The van der Waals surface area contributed by atoms with Gasteiger partial charge >= 0.3 is 20.4 Å². The quantitative estimate of drug-likeness (QED) is 0.556. The van der Waals surface area contributed by atoms with E-state index in [0.29, 0.717) is 3.54 Å². The van der Waals surface area contributed by atoms with Crippen molar-refractivity contribution in [2.24, 2.45) is 0 Å². The summed E-state index contributed by atoms with van der Waals surface area (Å²) in [6.45, 7) is 2.35. The highest BCUT2D eigenvalue weighted by Crippen LogP contribution is 2.36. The van der Waals surface area contributed by atoms with Crippen LogP contribution >= 0.6 is 0 Å². The predicted octanol–water partition coefficient (Wildman–Crippen LogP) is 2.91. The minimum absolute atomic E-state index is 0.0795. The van der Waals surface area contributed by atoms with Gasteiger partial charge < -0.3 is 0 Å². The van der Waals surface area contributed by atoms with Crippen LogP contribution in [0.15, 0.2) is 48.6 Å². The van der Waals surface area contributed by atoms with Gasteiger partial charge in [0.05, 0.1) is 0 Å². The molecule has 0 unspecified atom stereocenters. The van der Waals surface area contributed by atoms with E-state index in [0.717, 1.165) is 4.05 Å². The van der Waals surface area contributed by atoms with Gasteiger partial charge in [0.15, 0.2) is 0 Å². The normalized spacial score (nSPS) is 23.8. The Bertz CT molecular complexity index is 257. The van der Waals surface area contributed by atoms with E-state index in [-0.39, 0.29) is 20.4 Å². The summed E-state index contributed by atoms with van der Waals surface area (Å²) in [6, 6.07) is 0. The Balaban J connectivity index is 2.02. The Labute approximate surface area is 83.5 Å². The van der Waals surface area contributed by atoms with Gasteiger partial charge in [-0.3, -0.25) is 0 Å². The maximum absolute atomic E-state index is 2.35. The molecule has 0 amide bonds. The maximum Gasteiger partial charge on any atom is 0.402 e. The first-order valence-corrected chi connectivity index (χ1v) is 6.03. The number of hydrogen-bond acceptors (Lipinski definition) is 0. The molecule has 0 nitrogen and oxygen atoms in total. The van der Waals surface area contributed by atoms with Crippen LogP contribution in [0.1, 0.15) is 6.92 Å². The summed E-state index contributed by atoms with van der Waals surface area (Å²) in [5.41, 5.74) is 0. The molecule has 0 radical (unpaired) electrons. The molecular weight excluding hydrogens is 156 g/mol. The zero-order chi connectivity index (χ0) is 8.44. The van der Waals surface area contributed by atoms with Crippen molar-refractivity contribution in [1.29, 1.82) is 0 Å². The number of rotatable bonds is 2. The molecule has 0 saturated carbocycles. The molecule has 0 aromatic heterocycles. The van der Waals surface area contributed by atoms with Crippen molar-refractivity contribution in [1.82, 2.24) is 0 Å². The van der Waals surface area contributed by atoms with Gasteiger partial charge in [-0.2, -0.15) is 0 Å². The zero-order valence-corrected chi connectivity index (χ0v) is 8.82. The van der Waals surface area contributed by atoms with Crippen molar-refractivity contribution in [3.05, 3.63) is 48.6 Å². The minimum Gasteiger partial charge on any atom is -0.103 e. The molecule has 0 N–H and O–H groups in total. The van der Waals surface area contributed by atoms with Crippen molar-refractivity contribution in [2.45, 2.75) is 14.5 Å². The van der Waals surface area contributed by atoms with Gasteiger partial charge in [0, 0.05) is 0 Å². The molecule has 0 saturated heterocycles. The largest absolute Gasteiger partial charge is 0.402 e. The fourth-order valence-corrected chi connectivity index (χ4v) is 4.01. The Morgan fingerprint density at radius 3 is 2.17 bits per heavy atom. The van der Waals surface area contributed by atoms with Gasteiger partial charge in [0.1, 0.15) is 0 Å². The summed E-state index contributed by atoms with van der Waals surface area (Å²) in [5, 5.41) is 0. The van der Waals surface area contributed by atoms with Crippen molar-refractivity contribution in [2.75, 3.05) is 0 Å². The third-order valence-corrected chi connectivity index (χ3v) is 4.94. The first kappa shape index (κ1) is 8.33. The van der Waals surface area contributed by atoms with Gasteiger partial charge in [-0.25, -0.2) is 0 Å². The van der Waals surface area contributed by atoms with Crippen molar-refractivity contribution in [3.8, 4) is 0 Å². The van der Waals surface area contributed by atoms with Crippen LogP contribution in [0.3, 0.4) is 0 Å². The van der Waals surface area contributed by atoms with Crippen LogP contribution in [-0.2, 0) is 0 Å². The fraction of sp³-hybridized carbons (Fsp3) is 0.273. The first-order chi connectivity index (χ1) is 5.79. The minimum atomic E-state index is -0.0795. The Kier molecular flexibility index (Phi) is 2.24. The summed E-state index contributed by atoms with van der Waals surface area (Å²) in [5.74, 6) is 0. The Morgan fingerprint density at radius 2 is 1.58 bits per heavy atom. The molecule has 0 aliphatic heterocycles. The lowest BCUT2D eigenvalue weighted by atomic mass is 10.2. The van der Waals surface area contributed by atoms with E-state index in [2.05, 4.69) is 55.5 Å². The first-order valence-electron chi connectivity index (χ1n) is 4.51. The summed E-state index contributed by atoms with van der Waals surface area (Å²) < 4.78 is 1.21. The lowest BCUT2D eigenvalue weighted by Gasteiger charge is -2.20. The van der Waals surface area contributed by atoms with Crippen LogP contribution in [0, 0.1) is 0 Å². The van der Waals surface area contributed by atoms with Crippen LogP contribution in [0.2, 0.25) is 7.59 Å². The fourth-order valence-electron chi connectivity index (χ4n) is 1.86. The number of hydrogen-bond donors (Lipinski definition) is 0. The molecule has 1 heteroatoms. The smallest absolute Gasteiger partial charge is 0.103 e. The van der Waals surface area contributed by atoms with E-state index in [1.165, 1.54) is 0 Å². The average molecular weight is 169 g/mol. The predicted molar refractivity (Wildman–Crippen MR) is 54.4 cm³/mol.